The maximum Gasteiger partial charge on any atom is 0 e. The minimum atomic E-state index is -2.05. The molecule has 0 bridgehead atoms. The molecule has 0 saturated heterocycles. The van der Waals surface area contributed by atoms with Gasteiger partial charge >= 0.3 is 102 Å². The second-order valence-corrected chi connectivity index (χ2v) is 12.3. The Morgan fingerprint density at radius 1 is 0.490 bits per heavy atom. The van der Waals surface area contributed by atoms with Gasteiger partial charge in [-0.1, -0.05) is 66.4 Å². The van der Waals surface area contributed by atoms with E-state index in [2.05, 4.69) is 103 Å². The van der Waals surface area contributed by atoms with E-state index in [1.807, 2.05) is 84.9 Å². The van der Waals surface area contributed by atoms with Crippen LogP contribution in [0.15, 0.2) is 84.9 Å². The van der Waals surface area contributed by atoms with Crippen LogP contribution in [0.25, 0.3) is 0 Å². The van der Waals surface area contributed by atoms with Crippen LogP contribution in [0, 0.1) is 83.5 Å². The summed E-state index contributed by atoms with van der Waals surface area (Å²) in [5, 5.41) is 0. The second kappa shape index (κ2) is 58.2. The molecule has 3 rings (SSSR count). The van der Waals surface area contributed by atoms with Gasteiger partial charge in [0.15, 0.2) is 8.32 Å². The molecule has 0 heterocycles. The smallest absolute Gasteiger partial charge is 0 e. The van der Waals surface area contributed by atoms with Crippen LogP contribution in [-0.4, -0.2) is 15.4 Å². The average molecular weight is 833 g/mol. The van der Waals surface area contributed by atoms with Crippen molar-refractivity contribution in [3.8, 4) is 29.4 Å². The zero-order chi connectivity index (χ0) is 39.5. The normalized spacial score (nSPS) is 6.78. The summed E-state index contributed by atoms with van der Waals surface area (Å²) in [6, 6.07) is 27.6. The quantitative estimate of drug-likeness (QED) is 0.145. The molecule has 15 heteroatoms. The van der Waals surface area contributed by atoms with Crippen molar-refractivity contribution in [2.45, 2.75) is 25.2 Å². The summed E-state index contributed by atoms with van der Waals surface area (Å²) < 4.78 is 79.9. The third kappa shape index (κ3) is 37.1. The van der Waals surface area contributed by atoms with Crippen molar-refractivity contribution in [2.75, 3.05) is 7.11 Å². The molecule has 0 unspecified atom stereocenters. The fourth-order valence-corrected chi connectivity index (χ4v) is 4.16. The van der Waals surface area contributed by atoms with E-state index in [9.17, 15) is 0 Å². The van der Waals surface area contributed by atoms with Gasteiger partial charge in [0.2, 0.25) is 5.60 Å². The molecule has 0 N–H and O–H groups in total. The number of para-hydroxylation sites is 1. The molecule has 2 radical (unpaired) electrons. The monoisotopic (exact) mass is 832 g/mol. The Bertz CT molecular complexity index is 1390. The van der Waals surface area contributed by atoms with Crippen molar-refractivity contribution in [2.24, 2.45) is 0 Å². The molecule has 0 aliphatic carbocycles. The molecule has 3 aromatic rings. The molecule has 0 aliphatic rings. The molecule has 0 aliphatic heterocycles. The first-order valence-electron chi connectivity index (χ1n) is 11.8. The number of hydrogen-bond donors (Lipinski definition) is 0. The Balaban J connectivity index is -0.0000000875. The van der Waals surface area contributed by atoms with Gasteiger partial charge < -0.3 is 9.16 Å². The zero-order valence-corrected chi connectivity index (χ0v) is 31.5. The van der Waals surface area contributed by atoms with Crippen LogP contribution in [0.3, 0.4) is 0 Å². The first kappa shape index (κ1) is 72.6. The first-order valence-corrected chi connectivity index (χ1v) is 15.2. The Morgan fingerprint density at radius 3 is 1.04 bits per heavy atom. The maximum absolute atomic E-state index is 7.50. The van der Waals surface area contributed by atoms with Gasteiger partial charge in [-0.05, 0) is 61.8 Å². The standard InChI is InChI=1S/C27H26O2Si.9CO.2Co.Cr/c1-28-26-18-12-11-17-25(26)27(29-30(2,3)4,21-19-23-13-7-5-8-14-23)22-20-24-15-9-6-10-16-24;9*1-2;;;/h5-18H,1-4H3;;;;;;;;;;;;. The van der Waals surface area contributed by atoms with Crippen molar-refractivity contribution in [1.82, 2.24) is 0 Å². The van der Waals surface area contributed by atoms with Gasteiger partial charge in [0.25, 0.3) is 0 Å². The number of rotatable bonds is 4. The van der Waals surface area contributed by atoms with E-state index in [0.717, 1.165) is 16.7 Å². The second-order valence-electron chi connectivity index (χ2n) is 7.83. The number of benzene rings is 3. The van der Waals surface area contributed by atoms with Gasteiger partial charge in [0.05, 0.1) is 7.11 Å². The fraction of sp³-hybridized carbons (Fsp3) is 0.139. The van der Waals surface area contributed by atoms with E-state index >= 15 is 0 Å². The van der Waals surface area contributed by atoms with E-state index in [-0.39, 0.29) is 50.9 Å². The van der Waals surface area contributed by atoms with E-state index in [1.54, 1.807) is 7.11 Å². The molecule has 264 valence electrons. The summed E-state index contributed by atoms with van der Waals surface area (Å²) in [5.41, 5.74) is 1.54. The molecule has 0 saturated carbocycles. The Kier molecular flexibility index (Phi) is 82.8. The molecule has 0 amide bonds. The zero-order valence-electron chi connectivity index (χ0n) is 27.1. The maximum atomic E-state index is 7.50. The van der Waals surface area contributed by atoms with Crippen molar-refractivity contribution in [1.29, 1.82) is 0 Å². The molecule has 0 fully saturated rings. The Morgan fingerprint density at radius 2 is 0.765 bits per heavy atom. The van der Waals surface area contributed by atoms with E-state index in [0.29, 0.717) is 5.75 Å². The summed E-state index contributed by atoms with van der Waals surface area (Å²) in [6.07, 6.45) is 0. The summed E-state index contributed by atoms with van der Waals surface area (Å²) in [7, 11) is -0.388. The van der Waals surface area contributed by atoms with Gasteiger partial charge in [0.1, 0.15) is 5.75 Å². The summed E-state index contributed by atoms with van der Waals surface area (Å²) in [6.45, 7) is 46.9. The minimum absolute atomic E-state index is 0. The Hall–Kier alpha value is -4.04. The first-order chi connectivity index (χ1) is 23.4. The third-order valence-corrected chi connectivity index (χ3v) is 5.18. The Labute approximate surface area is 331 Å². The van der Waals surface area contributed by atoms with Gasteiger partial charge in [0, 0.05) is 67.6 Å². The van der Waals surface area contributed by atoms with Gasteiger partial charge in [-0.15, -0.1) is 0 Å². The molecule has 0 spiro atoms. The largest absolute Gasteiger partial charge is 0 e. The summed E-state index contributed by atoms with van der Waals surface area (Å²) >= 11 is 0. The molecule has 51 heavy (non-hydrogen) atoms. The van der Waals surface area contributed by atoms with Crippen LogP contribution in [-0.2, 0) is 103 Å². The van der Waals surface area contributed by atoms with Crippen LogP contribution >= 0.6 is 0 Å². The predicted molar refractivity (Wildman–Crippen MR) is 161 cm³/mol. The van der Waals surface area contributed by atoms with E-state index in [4.69, 9.17) is 51.0 Å². The molecule has 3 aromatic carbocycles. The van der Waals surface area contributed by atoms with Crippen molar-refractivity contribution in [3.05, 3.63) is 161 Å². The summed E-state index contributed by atoms with van der Waals surface area (Å²) in [5.74, 6) is 14.0. The van der Waals surface area contributed by atoms with Crippen molar-refractivity contribution in [3.63, 3.8) is 0 Å². The van der Waals surface area contributed by atoms with Crippen LogP contribution < -0.4 is 4.74 Å². The van der Waals surface area contributed by atoms with Crippen LogP contribution in [0.5, 0.6) is 5.75 Å². The fourth-order valence-electron chi connectivity index (χ4n) is 3.03. The molecular formula is C36H26Co2CrO11Si. The van der Waals surface area contributed by atoms with Gasteiger partial charge in [-0.2, -0.15) is 0 Å². The van der Waals surface area contributed by atoms with E-state index in [1.165, 1.54) is 0 Å². The molecule has 11 nitrogen and oxygen atoms in total. The molecule has 0 aromatic heterocycles. The minimum Gasteiger partial charge on any atom is 0 e. The number of hydrogen-bond acceptors (Lipinski definition) is 2. The third-order valence-electron chi connectivity index (χ3n) is 4.26. The van der Waals surface area contributed by atoms with Crippen LogP contribution in [0.1, 0.15) is 16.7 Å². The SMILES string of the molecule is COc1ccccc1C(C#Cc1ccccc1)(C#Cc1ccccc1)O[Si](C)(C)C.[C-]#[O+].[C-]#[O+].[C-]#[O+].[C-]#[O+].[C-]#[O+].[C-]#[O+].[C-]#[O+].[C-]#[O+].[C-]#[O+].[Co].[Co].[Cr]. The van der Waals surface area contributed by atoms with Gasteiger partial charge in [-0.25, -0.2) is 0 Å². The topological polar surface area (TPSA) is 198 Å². The van der Waals surface area contributed by atoms with E-state index < -0.39 is 13.9 Å². The van der Waals surface area contributed by atoms with Crippen LogP contribution in [0.2, 0.25) is 19.6 Å². The number of methoxy groups -OCH3 is 1. The van der Waals surface area contributed by atoms with Gasteiger partial charge in [-0.3, -0.25) is 0 Å². The summed E-state index contributed by atoms with van der Waals surface area (Å²) in [4.78, 5) is 0. The molecule has 0 atom stereocenters. The number of ether oxygens (including phenoxy) is 1. The van der Waals surface area contributed by atoms with Crippen molar-refractivity contribution < 1.29 is 102 Å². The predicted octanol–water partition coefficient (Wildman–Crippen LogP) is 5.50. The van der Waals surface area contributed by atoms with Crippen LogP contribution in [0.4, 0.5) is 0 Å². The average Bonchev–Trinajstić information content (AvgIpc) is 3.20. The molecular weight excluding hydrogens is 806 g/mol. The van der Waals surface area contributed by atoms with Crippen molar-refractivity contribution >= 4 is 8.32 Å².